The summed E-state index contributed by atoms with van der Waals surface area (Å²) in [4.78, 5) is 4.69. The van der Waals surface area contributed by atoms with E-state index < -0.39 is 0 Å². The minimum atomic E-state index is -0.241. The zero-order chi connectivity index (χ0) is 14.3. The van der Waals surface area contributed by atoms with Gasteiger partial charge in [0.15, 0.2) is 0 Å². The maximum Gasteiger partial charge on any atom is 0.139 e. The van der Waals surface area contributed by atoms with Crippen LogP contribution in [0.4, 0.5) is 10.1 Å². The fourth-order valence-electron chi connectivity index (χ4n) is 1.93. The fourth-order valence-corrected chi connectivity index (χ4v) is 2.38. The van der Waals surface area contributed by atoms with Crippen molar-refractivity contribution in [3.05, 3.63) is 28.0 Å². The zero-order valence-corrected chi connectivity index (χ0v) is 13.7. The van der Waals surface area contributed by atoms with Crippen LogP contribution in [0.25, 0.3) is 0 Å². The van der Waals surface area contributed by atoms with Crippen molar-refractivity contribution in [3.63, 3.8) is 0 Å². The van der Waals surface area contributed by atoms with E-state index in [-0.39, 0.29) is 5.82 Å². The predicted octanol–water partition coefficient (Wildman–Crippen LogP) is 6.35. The van der Waals surface area contributed by atoms with Gasteiger partial charge < -0.3 is 0 Å². The third-order valence-corrected chi connectivity index (χ3v) is 3.76. The van der Waals surface area contributed by atoms with Gasteiger partial charge in [0.2, 0.25) is 0 Å². The van der Waals surface area contributed by atoms with Crippen molar-refractivity contribution in [3.8, 4) is 0 Å². The molecule has 3 heteroatoms. The van der Waals surface area contributed by atoms with Crippen molar-refractivity contribution in [1.29, 1.82) is 0 Å². The Bertz CT molecular complexity index is 431. The Hall–Kier alpha value is -0.700. The second-order valence-corrected chi connectivity index (χ2v) is 5.79. The Morgan fingerprint density at radius 1 is 1.16 bits per heavy atom. The van der Waals surface area contributed by atoms with Gasteiger partial charge in [0.1, 0.15) is 5.82 Å². The average Bonchev–Trinajstić information content (AvgIpc) is 2.38. The topological polar surface area (TPSA) is 12.4 Å². The maximum absolute atomic E-state index is 13.6. The van der Waals surface area contributed by atoms with E-state index in [4.69, 9.17) is 4.99 Å². The monoisotopic (exact) mass is 327 g/mol. The van der Waals surface area contributed by atoms with E-state index in [1.54, 1.807) is 6.07 Å². The number of aryl methyl sites for hydroxylation is 1. The van der Waals surface area contributed by atoms with E-state index in [9.17, 15) is 4.39 Å². The molecule has 1 aromatic rings. The Kier molecular flexibility index (Phi) is 7.29. The summed E-state index contributed by atoms with van der Waals surface area (Å²) in [6.45, 7) is 6.34. The van der Waals surface area contributed by atoms with Gasteiger partial charge in [-0.05, 0) is 60.2 Å². The molecule has 0 aliphatic heterocycles. The van der Waals surface area contributed by atoms with Gasteiger partial charge in [-0.2, -0.15) is 0 Å². The third kappa shape index (κ3) is 5.43. The van der Waals surface area contributed by atoms with Gasteiger partial charge in [0, 0.05) is 11.8 Å². The van der Waals surface area contributed by atoms with E-state index >= 15 is 0 Å². The number of halogens is 2. The van der Waals surface area contributed by atoms with Gasteiger partial charge in [-0.25, -0.2) is 4.39 Å². The Morgan fingerprint density at radius 2 is 1.74 bits per heavy atom. The van der Waals surface area contributed by atoms with Crippen molar-refractivity contribution >= 4 is 27.3 Å². The van der Waals surface area contributed by atoms with Crippen molar-refractivity contribution in [2.75, 3.05) is 0 Å². The minimum absolute atomic E-state index is 0.241. The van der Waals surface area contributed by atoms with Gasteiger partial charge in [0.05, 0.1) is 10.2 Å². The highest BCUT2D eigenvalue weighted by Gasteiger charge is 2.06. The molecule has 0 bridgehead atoms. The number of hydrogen-bond donors (Lipinski definition) is 0. The molecule has 0 aromatic heterocycles. The Labute approximate surface area is 124 Å². The van der Waals surface area contributed by atoms with E-state index in [1.165, 1.54) is 24.6 Å². The smallest absolute Gasteiger partial charge is 0.139 e. The van der Waals surface area contributed by atoms with Crippen molar-refractivity contribution in [1.82, 2.24) is 0 Å². The van der Waals surface area contributed by atoms with Gasteiger partial charge >= 0.3 is 0 Å². The van der Waals surface area contributed by atoms with E-state index in [0.717, 1.165) is 36.9 Å². The standard InChI is InChI=1S/C16H23BrFN/c1-4-6-8-13(9-7-5-2)19-16-11-15(18)14(17)10-12(16)3/h10-11H,4-9H2,1-3H3. The molecular formula is C16H23BrFN. The third-order valence-electron chi connectivity index (χ3n) is 3.16. The highest BCUT2D eigenvalue weighted by molar-refractivity contribution is 9.10. The largest absolute Gasteiger partial charge is 0.257 e. The summed E-state index contributed by atoms with van der Waals surface area (Å²) in [7, 11) is 0. The number of rotatable bonds is 7. The molecule has 0 spiro atoms. The van der Waals surface area contributed by atoms with Crippen LogP contribution in [0.15, 0.2) is 21.6 Å². The molecule has 0 atom stereocenters. The number of hydrogen-bond acceptors (Lipinski definition) is 1. The lowest BCUT2D eigenvalue weighted by molar-refractivity contribution is 0.621. The first-order chi connectivity index (χ1) is 9.08. The summed E-state index contributed by atoms with van der Waals surface area (Å²) in [5.41, 5.74) is 2.98. The summed E-state index contributed by atoms with van der Waals surface area (Å²) in [6.07, 6.45) is 6.68. The Morgan fingerprint density at radius 3 is 2.26 bits per heavy atom. The minimum Gasteiger partial charge on any atom is -0.257 e. The molecule has 0 saturated heterocycles. The number of aliphatic imine (C=N–C) groups is 1. The Balaban J connectivity index is 2.95. The van der Waals surface area contributed by atoms with Gasteiger partial charge in [-0.15, -0.1) is 0 Å². The van der Waals surface area contributed by atoms with E-state index in [0.29, 0.717) is 4.47 Å². The average molecular weight is 328 g/mol. The molecule has 0 aliphatic rings. The van der Waals surface area contributed by atoms with Crippen LogP contribution in [0.5, 0.6) is 0 Å². The van der Waals surface area contributed by atoms with Crippen LogP contribution in [0.1, 0.15) is 57.9 Å². The molecule has 0 amide bonds. The van der Waals surface area contributed by atoms with Gasteiger partial charge in [-0.1, -0.05) is 26.7 Å². The first kappa shape index (κ1) is 16.4. The fraction of sp³-hybridized carbons (Fsp3) is 0.562. The van der Waals surface area contributed by atoms with Crippen LogP contribution in [0.2, 0.25) is 0 Å². The van der Waals surface area contributed by atoms with E-state index in [1.807, 2.05) is 6.92 Å². The summed E-state index contributed by atoms with van der Waals surface area (Å²) in [5.74, 6) is -0.241. The van der Waals surface area contributed by atoms with Gasteiger partial charge in [-0.3, -0.25) is 4.99 Å². The summed E-state index contributed by atoms with van der Waals surface area (Å²) < 4.78 is 14.1. The van der Waals surface area contributed by atoms with Crippen LogP contribution in [-0.4, -0.2) is 5.71 Å². The molecule has 0 heterocycles. The quantitative estimate of drug-likeness (QED) is 0.517. The molecule has 19 heavy (non-hydrogen) atoms. The molecular weight excluding hydrogens is 305 g/mol. The normalized spacial score (nSPS) is 10.6. The molecule has 0 radical (unpaired) electrons. The SMILES string of the molecule is CCCCC(CCCC)=Nc1cc(F)c(Br)cc1C. The first-order valence-corrected chi connectivity index (χ1v) is 7.89. The lowest BCUT2D eigenvalue weighted by atomic mass is 10.1. The summed E-state index contributed by atoms with van der Waals surface area (Å²) >= 11 is 3.21. The molecule has 106 valence electrons. The van der Waals surface area contributed by atoms with Gasteiger partial charge in [0.25, 0.3) is 0 Å². The second-order valence-electron chi connectivity index (χ2n) is 4.94. The van der Waals surface area contributed by atoms with Crippen LogP contribution >= 0.6 is 15.9 Å². The van der Waals surface area contributed by atoms with Crippen LogP contribution in [0, 0.1) is 12.7 Å². The molecule has 0 unspecified atom stereocenters. The second kappa shape index (κ2) is 8.47. The summed E-state index contributed by atoms with van der Waals surface area (Å²) in [6, 6.07) is 3.32. The van der Waals surface area contributed by atoms with Crippen molar-refractivity contribution in [2.45, 2.75) is 59.3 Å². The zero-order valence-electron chi connectivity index (χ0n) is 12.1. The highest BCUT2D eigenvalue weighted by Crippen LogP contribution is 2.27. The van der Waals surface area contributed by atoms with Crippen molar-refractivity contribution in [2.24, 2.45) is 4.99 Å². The maximum atomic E-state index is 13.6. The molecule has 0 N–H and O–H groups in total. The van der Waals surface area contributed by atoms with Crippen LogP contribution in [0.3, 0.4) is 0 Å². The predicted molar refractivity (Wildman–Crippen MR) is 85.0 cm³/mol. The lowest BCUT2D eigenvalue weighted by Gasteiger charge is -2.08. The molecule has 0 fully saturated rings. The van der Waals surface area contributed by atoms with Crippen LogP contribution in [-0.2, 0) is 0 Å². The van der Waals surface area contributed by atoms with Crippen LogP contribution < -0.4 is 0 Å². The number of unbranched alkanes of at least 4 members (excludes halogenated alkanes) is 2. The number of nitrogens with zero attached hydrogens (tertiary/aromatic N) is 1. The lowest BCUT2D eigenvalue weighted by Crippen LogP contribution is -1.98. The molecule has 0 saturated carbocycles. The number of benzene rings is 1. The molecule has 1 nitrogen and oxygen atoms in total. The first-order valence-electron chi connectivity index (χ1n) is 7.10. The van der Waals surface area contributed by atoms with Crippen molar-refractivity contribution < 1.29 is 4.39 Å². The molecule has 1 rings (SSSR count). The molecule has 1 aromatic carbocycles. The molecule has 0 aliphatic carbocycles. The highest BCUT2D eigenvalue weighted by atomic mass is 79.9. The summed E-state index contributed by atoms with van der Waals surface area (Å²) in [5, 5.41) is 0. The van der Waals surface area contributed by atoms with E-state index in [2.05, 4.69) is 29.8 Å².